The van der Waals surface area contributed by atoms with E-state index in [2.05, 4.69) is 9.97 Å². The molecule has 0 bridgehead atoms. The third-order valence-electron chi connectivity index (χ3n) is 2.71. The summed E-state index contributed by atoms with van der Waals surface area (Å²) in [6.45, 7) is 0. The average Bonchev–Trinajstić information content (AvgIpc) is 2.39. The van der Waals surface area contributed by atoms with Crippen LogP contribution in [0.2, 0.25) is 0 Å². The van der Waals surface area contributed by atoms with Crippen LogP contribution in [0.5, 0.6) is 0 Å². The van der Waals surface area contributed by atoms with E-state index in [0.717, 1.165) is 12.4 Å². The molecule has 0 radical (unpaired) electrons. The lowest BCUT2D eigenvalue weighted by Crippen LogP contribution is -2.15. The van der Waals surface area contributed by atoms with Crippen LogP contribution in [0.15, 0.2) is 36.7 Å². The molecule has 2 aromatic rings. The van der Waals surface area contributed by atoms with E-state index in [1.807, 2.05) is 0 Å². The molecule has 7 heteroatoms. The van der Waals surface area contributed by atoms with Crippen molar-refractivity contribution < 1.29 is 17.6 Å². The highest BCUT2D eigenvalue weighted by molar-refractivity contribution is 5.22. The van der Waals surface area contributed by atoms with Gasteiger partial charge in [-0.25, -0.2) is 14.4 Å². The summed E-state index contributed by atoms with van der Waals surface area (Å²) in [5.41, 5.74) is 7.07. The van der Waals surface area contributed by atoms with E-state index in [-0.39, 0.29) is 12.2 Å². The fourth-order valence-corrected chi connectivity index (χ4v) is 1.69. The molecule has 0 saturated heterocycles. The molecular weight excluding hydrogens is 274 g/mol. The molecule has 0 saturated carbocycles. The summed E-state index contributed by atoms with van der Waals surface area (Å²) >= 11 is 0. The first-order chi connectivity index (χ1) is 9.36. The smallest absolute Gasteiger partial charge is 0.324 e. The lowest BCUT2D eigenvalue weighted by molar-refractivity contribution is -0.145. The second-order valence-electron chi connectivity index (χ2n) is 4.27. The highest BCUT2D eigenvalue weighted by Crippen LogP contribution is 2.25. The summed E-state index contributed by atoms with van der Waals surface area (Å²) in [5.74, 6) is -1.56. The summed E-state index contributed by atoms with van der Waals surface area (Å²) in [6, 6.07) is 5.16. The molecular formula is C13H11F4N3. The van der Waals surface area contributed by atoms with Gasteiger partial charge < -0.3 is 5.73 Å². The molecule has 20 heavy (non-hydrogen) atoms. The number of benzene rings is 1. The van der Waals surface area contributed by atoms with Gasteiger partial charge in [-0.1, -0.05) is 12.1 Å². The molecule has 2 N–H and O–H groups in total. The number of aromatic nitrogens is 2. The van der Waals surface area contributed by atoms with E-state index in [1.54, 1.807) is 0 Å². The SMILES string of the molecule is NC(Cc1cnc(C(F)(F)F)nc1)c1ccc(F)cc1. The van der Waals surface area contributed by atoms with Crippen molar-refractivity contribution in [1.82, 2.24) is 9.97 Å². The van der Waals surface area contributed by atoms with Gasteiger partial charge in [0, 0.05) is 18.4 Å². The highest BCUT2D eigenvalue weighted by Gasteiger charge is 2.34. The normalized spacial score (nSPS) is 13.2. The number of hydrogen-bond donors (Lipinski definition) is 1. The van der Waals surface area contributed by atoms with Crippen LogP contribution in [-0.4, -0.2) is 9.97 Å². The Morgan fingerprint density at radius 2 is 1.60 bits per heavy atom. The fraction of sp³-hybridized carbons (Fsp3) is 0.231. The first kappa shape index (κ1) is 14.4. The van der Waals surface area contributed by atoms with Gasteiger partial charge in [-0.05, 0) is 29.7 Å². The lowest BCUT2D eigenvalue weighted by atomic mass is 10.0. The van der Waals surface area contributed by atoms with Gasteiger partial charge in [0.05, 0.1) is 0 Å². The van der Waals surface area contributed by atoms with Crippen molar-refractivity contribution in [2.24, 2.45) is 5.73 Å². The standard InChI is InChI=1S/C13H11F4N3/c14-10-3-1-9(2-4-10)11(18)5-8-6-19-12(20-7-8)13(15,16)17/h1-4,6-7,11H,5,18H2. The summed E-state index contributed by atoms with van der Waals surface area (Å²) in [5, 5.41) is 0. The van der Waals surface area contributed by atoms with Gasteiger partial charge in [-0.15, -0.1) is 0 Å². The minimum absolute atomic E-state index is 0.268. The molecule has 0 aliphatic rings. The van der Waals surface area contributed by atoms with Crippen molar-refractivity contribution in [3.63, 3.8) is 0 Å². The van der Waals surface area contributed by atoms with Gasteiger partial charge in [-0.2, -0.15) is 13.2 Å². The van der Waals surface area contributed by atoms with Crippen molar-refractivity contribution in [2.45, 2.75) is 18.6 Å². The van der Waals surface area contributed by atoms with Crippen molar-refractivity contribution in [3.8, 4) is 0 Å². The molecule has 2 rings (SSSR count). The highest BCUT2D eigenvalue weighted by atomic mass is 19.4. The molecule has 0 aliphatic carbocycles. The van der Waals surface area contributed by atoms with E-state index in [4.69, 9.17) is 5.73 Å². The second-order valence-corrected chi connectivity index (χ2v) is 4.27. The van der Waals surface area contributed by atoms with Crippen molar-refractivity contribution in [3.05, 3.63) is 59.4 Å². The van der Waals surface area contributed by atoms with Gasteiger partial charge >= 0.3 is 6.18 Å². The molecule has 0 fully saturated rings. The van der Waals surface area contributed by atoms with Crippen LogP contribution in [0.25, 0.3) is 0 Å². The Labute approximate surface area is 112 Å². The van der Waals surface area contributed by atoms with Gasteiger partial charge in [0.15, 0.2) is 0 Å². The molecule has 1 aromatic carbocycles. The van der Waals surface area contributed by atoms with Crippen LogP contribution in [0.4, 0.5) is 17.6 Å². The van der Waals surface area contributed by atoms with E-state index >= 15 is 0 Å². The number of alkyl halides is 3. The molecule has 106 valence electrons. The maximum atomic E-state index is 12.8. The topological polar surface area (TPSA) is 51.8 Å². The Morgan fingerprint density at radius 3 is 2.10 bits per heavy atom. The first-order valence-electron chi connectivity index (χ1n) is 5.75. The van der Waals surface area contributed by atoms with Crippen molar-refractivity contribution >= 4 is 0 Å². The van der Waals surface area contributed by atoms with Crippen LogP contribution < -0.4 is 5.73 Å². The van der Waals surface area contributed by atoms with Crippen LogP contribution >= 0.6 is 0 Å². The summed E-state index contributed by atoms with van der Waals surface area (Å²) in [4.78, 5) is 6.52. The molecule has 0 spiro atoms. The lowest BCUT2D eigenvalue weighted by Gasteiger charge is -2.12. The van der Waals surface area contributed by atoms with E-state index < -0.39 is 18.0 Å². The molecule has 3 nitrogen and oxygen atoms in total. The van der Waals surface area contributed by atoms with Crippen LogP contribution in [0.1, 0.15) is 23.0 Å². The molecule has 0 amide bonds. The Hall–Kier alpha value is -2.02. The quantitative estimate of drug-likeness (QED) is 0.882. The number of nitrogens with two attached hydrogens (primary N) is 1. The largest absolute Gasteiger partial charge is 0.451 e. The van der Waals surface area contributed by atoms with E-state index in [9.17, 15) is 17.6 Å². The van der Waals surface area contributed by atoms with Crippen molar-refractivity contribution in [2.75, 3.05) is 0 Å². The summed E-state index contributed by atoms with van der Waals surface area (Å²) < 4.78 is 49.7. The maximum absolute atomic E-state index is 12.8. The monoisotopic (exact) mass is 285 g/mol. The molecule has 1 unspecified atom stereocenters. The predicted molar refractivity (Wildman–Crippen MR) is 64.1 cm³/mol. The van der Waals surface area contributed by atoms with E-state index in [1.165, 1.54) is 24.3 Å². The van der Waals surface area contributed by atoms with Crippen LogP contribution in [-0.2, 0) is 12.6 Å². The minimum Gasteiger partial charge on any atom is -0.324 e. The van der Waals surface area contributed by atoms with Crippen molar-refractivity contribution in [1.29, 1.82) is 0 Å². The Kier molecular flexibility index (Phi) is 3.99. The molecule has 1 aromatic heterocycles. The zero-order chi connectivity index (χ0) is 14.8. The number of rotatable bonds is 3. The third kappa shape index (κ3) is 3.51. The van der Waals surface area contributed by atoms with E-state index in [0.29, 0.717) is 11.1 Å². The molecule has 0 aliphatic heterocycles. The Balaban J connectivity index is 2.08. The number of halogens is 4. The van der Waals surface area contributed by atoms with Gasteiger partial charge in [0.2, 0.25) is 5.82 Å². The van der Waals surface area contributed by atoms with Crippen LogP contribution in [0, 0.1) is 5.82 Å². The summed E-state index contributed by atoms with van der Waals surface area (Å²) in [7, 11) is 0. The zero-order valence-corrected chi connectivity index (χ0v) is 10.2. The van der Waals surface area contributed by atoms with Gasteiger partial charge in [-0.3, -0.25) is 0 Å². The Morgan fingerprint density at radius 1 is 1.05 bits per heavy atom. The van der Waals surface area contributed by atoms with Gasteiger partial charge in [0.25, 0.3) is 0 Å². The number of nitrogens with zero attached hydrogens (tertiary/aromatic N) is 2. The first-order valence-corrected chi connectivity index (χ1v) is 5.75. The molecule has 1 atom stereocenters. The maximum Gasteiger partial charge on any atom is 0.451 e. The van der Waals surface area contributed by atoms with Gasteiger partial charge in [0.1, 0.15) is 5.82 Å². The number of hydrogen-bond acceptors (Lipinski definition) is 3. The third-order valence-corrected chi connectivity index (χ3v) is 2.71. The average molecular weight is 285 g/mol. The summed E-state index contributed by atoms with van der Waals surface area (Å²) in [6.07, 6.45) is -2.10. The van der Waals surface area contributed by atoms with Crippen LogP contribution in [0.3, 0.4) is 0 Å². The predicted octanol–water partition coefficient (Wildman–Crippen LogP) is 2.88. The fourth-order valence-electron chi connectivity index (χ4n) is 1.69. The molecule has 1 heterocycles. The second kappa shape index (κ2) is 5.54. The minimum atomic E-state index is -4.56. The zero-order valence-electron chi connectivity index (χ0n) is 10.2. The Bertz CT molecular complexity index is 564.